The Morgan fingerprint density at radius 1 is 0.688 bits per heavy atom. The number of rotatable bonds is 0. The van der Waals surface area contributed by atoms with Gasteiger partial charge in [-0.25, -0.2) is 0 Å². The number of hydrogen-bond acceptors (Lipinski definition) is 2. The normalized spacial score (nSPS) is 12.1. The molecule has 0 spiro atoms. The van der Waals surface area contributed by atoms with Gasteiger partial charge in [-0.15, -0.1) is 0 Å². The Balaban J connectivity index is 2.17. The molecule has 4 heteroatoms. The summed E-state index contributed by atoms with van der Waals surface area (Å²) in [6.45, 7) is 0. The summed E-state index contributed by atoms with van der Waals surface area (Å²) < 4.78 is 13.3. The van der Waals surface area contributed by atoms with Crippen molar-refractivity contribution in [2.45, 2.75) is 0 Å². The standard InChI is InChI=1S/C12H6Br2O2/c13-7-3-1-5-9-11(7)16-10-6-2-4-8(14)12(10)15-9/h1-6H. The maximum atomic E-state index is 5.79. The third-order valence-corrected chi connectivity index (χ3v) is 3.53. The molecule has 0 saturated carbocycles. The lowest BCUT2D eigenvalue weighted by atomic mass is 10.2. The van der Waals surface area contributed by atoms with Crippen LogP contribution in [0.1, 0.15) is 0 Å². The van der Waals surface area contributed by atoms with Crippen LogP contribution in [0.15, 0.2) is 45.3 Å². The Labute approximate surface area is 109 Å². The van der Waals surface area contributed by atoms with Gasteiger partial charge in [-0.2, -0.15) is 0 Å². The molecule has 0 saturated heterocycles. The Morgan fingerprint density at radius 3 is 1.56 bits per heavy atom. The van der Waals surface area contributed by atoms with Crippen LogP contribution in [0.2, 0.25) is 0 Å². The van der Waals surface area contributed by atoms with Crippen molar-refractivity contribution in [3.63, 3.8) is 0 Å². The number of para-hydroxylation sites is 2. The molecular formula is C12H6Br2O2. The molecule has 16 heavy (non-hydrogen) atoms. The van der Waals surface area contributed by atoms with Crippen molar-refractivity contribution in [1.29, 1.82) is 0 Å². The Hall–Kier alpha value is -1.00. The molecule has 3 rings (SSSR count). The smallest absolute Gasteiger partial charge is 0.184 e. The van der Waals surface area contributed by atoms with Gasteiger partial charge in [-0.05, 0) is 56.1 Å². The highest BCUT2D eigenvalue weighted by Crippen LogP contribution is 2.50. The van der Waals surface area contributed by atoms with Crippen molar-refractivity contribution in [3.05, 3.63) is 45.3 Å². The maximum absolute atomic E-state index is 5.79. The molecule has 0 N–H and O–H groups in total. The van der Waals surface area contributed by atoms with Crippen LogP contribution in [0.5, 0.6) is 23.0 Å². The fraction of sp³-hybridized carbons (Fsp3) is 0. The number of fused-ring (bicyclic) bond motifs is 2. The van der Waals surface area contributed by atoms with Crippen LogP contribution in [-0.4, -0.2) is 0 Å². The zero-order valence-corrected chi connectivity index (χ0v) is 11.2. The first-order valence-corrected chi connectivity index (χ1v) is 6.27. The van der Waals surface area contributed by atoms with Crippen LogP contribution in [0, 0.1) is 0 Å². The van der Waals surface area contributed by atoms with Crippen LogP contribution >= 0.6 is 31.9 Å². The molecule has 1 aliphatic heterocycles. The minimum absolute atomic E-state index is 0.716. The fourth-order valence-electron chi connectivity index (χ4n) is 1.56. The molecule has 0 aliphatic carbocycles. The van der Waals surface area contributed by atoms with E-state index in [9.17, 15) is 0 Å². The van der Waals surface area contributed by atoms with Crippen LogP contribution in [-0.2, 0) is 0 Å². The van der Waals surface area contributed by atoms with E-state index >= 15 is 0 Å². The predicted octanol–water partition coefficient (Wildman–Crippen LogP) is 5.11. The molecule has 2 aromatic carbocycles. The zero-order chi connectivity index (χ0) is 11.1. The molecule has 0 bridgehead atoms. The van der Waals surface area contributed by atoms with Gasteiger partial charge < -0.3 is 9.47 Å². The topological polar surface area (TPSA) is 18.5 Å². The molecule has 0 fully saturated rings. The number of ether oxygens (including phenoxy) is 2. The maximum Gasteiger partial charge on any atom is 0.184 e. The van der Waals surface area contributed by atoms with Crippen molar-refractivity contribution in [2.75, 3.05) is 0 Å². The Morgan fingerprint density at radius 2 is 1.12 bits per heavy atom. The van der Waals surface area contributed by atoms with E-state index in [1.165, 1.54) is 0 Å². The molecule has 0 aromatic heterocycles. The SMILES string of the molecule is Brc1cccc2c1Oc1cccc(Br)c1O2. The van der Waals surface area contributed by atoms with Gasteiger partial charge >= 0.3 is 0 Å². The van der Waals surface area contributed by atoms with E-state index in [0.717, 1.165) is 8.95 Å². The third-order valence-electron chi connectivity index (χ3n) is 2.29. The molecule has 1 aliphatic rings. The second-order valence-corrected chi connectivity index (χ2v) is 5.05. The average molecular weight is 342 g/mol. The van der Waals surface area contributed by atoms with E-state index in [2.05, 4.69) is 31.9 Å². The summed E-state index contributed by atoms with van der Waals surface area (Å²) in [7, 11) is 0. The van der Waals surface area contributed by atoms with E-state index < -0.39 is 0 Å². The number of benzene rings is 2. The average Bonchev–Trinajstić information content (AvgIpc) is 2.29. The monoisotopic (exact) mass is 340 g/mol. The van der Waals surface area contributed by atoms with Crippen molar-refractivity contribution in [2.24, 2.45) is 0 Å². The molecule has 2 aromatic rings. The molecule has 1 heterocycles. The lowest BCUT2D eigenvalue weighted by Crippen LogP contribution is -1.99. The van der Waals surface area contributed by atoms with Crippen LogP contribution in [0.25, 0.3) is 0 Å². The number of hydrogen-bond donors (Lipinski definition) is 0. The molecule has 0 unspecified atom stereocenters. The minimum Gasteiger partial charge on any atom is -0.448 e. The van der Waals surface area contributed by atoms with Crippen molar-refractivity contribution in [3.8, 4) is 23.0 Å². The van der Waals surface area contributed by atoms with Gasteiger partial charge in [-0.3, -0.25) is 0 Å². The second-order valence-electron chi connectivity index (χ2n) is 3.34. The summed E-state index contributed by atoms with van der Waals surface area (Å²) in [5.41, 5.74) is 0. The minimum atomic E-state index is 0.716. The molecule has 0 radical (unpaired) electrons. The first kappa shape index (κ1) is 10.2. The Bertz CT molecular complexity index is 515. The first-order chi connectivity index (χ1) is 7.75. The largest absolute Gasteiger partial charge is 0.448 e. The van der Waals surface area contributed by atoms with Crippen molar-refractivity contribution >= 4 is 31.9 Å². The predicted molar refractivity (Wildman–Crippen MR) is 68.4 cm³/mol. The molecule has 80 valence electrons. The van der Waals surface area contributed by atoms with Gasteiger partial charge in [0, 0.05) is 0 Å². The first-order valence-electron chi connectivity index (χ1n) is 4.68. The van der Waals surface area contributed by atoms with E-state index in [0.29, 0.717) is 23.0 Å². The highest BCUT2D eigenvalue weighted by Gasteiger charge is 2.22. The van der Waals surface area contributed by atoms with Crippen molar-refractivity contribution < 1.29 is 9.47 Å². The van der Waals surface area contributed by atoms with Gasteiger partial charge in [0.1, 0.15) is 0 Å². The van der Waals surface area contributed by atoms with Gasteiger partial charge in [0.15, 0.2) is 23.0 Å². The summed E-state index contributed by atoms with van der Waals surface area (Å²) in [4.78, 5) is 0. The van der Waals surface area contributed by atoms with E-state index in [1.54, 1.807) is 0 Å². The van der Waals surface area contributed by atoms with Gasteiger partial charge in [-0.1, -0.05) is 12.1 Å². The summed E-state index contributed by atoms with van der Waals surface area (Å²) in [6.07, 6.45) is 0. The molecule has 0 atom stereocenters. The molecule has 2 nitrogen and oxygen atoms in total. The lowest BCUT2D eigenvalue weighted by molar-refractivity contribution is 0.356. The van der Waals surface area contributed by atoms with Crippen molar-refractivity contribution in [1.82, 2.24) is 0 Å². The summed E-state index contributed by atoms with van der Waals surface area (Å²) in [5.74, 6) is 2.86. The van der Waals surface area contributed by atoms with Gasteiger partial charge in [0.05, 0.1) is 8.95 Å². The van der Waals surface area contributed by atoms with Crippen LogP contribution in [0.3, 0.4) is 0 Å². The molecular weight excluding hydrogens is 336 g/mol. The summed E-state index contributed by atoms with van der Waals surface area (Å²) in [6, 6.07) is 11.4. The number of halogens is 2. The zero-order valence-electron chi connectivity index (χ0n) is 8.04. The van der Waals surface area contributed by atoms with E-state index in [-0.39, 0.29) is 0 Å². The summed E-state index contributed by atoms with van der Waals surface area (Å²) >= 11 is 6.87. The lowest BCUT2D eigenvalue weighted by Gasteiger charge is -2.22. The highest BCUT2D eigenvalue weighted by molar-refractivity contribution is 9.11. The molecule has 0 amide bonds. The second kappa shape index (κ2) is 3.79. The van der Waals surface area contributed by atoms with Crippen LogP contribution in [0.4, 0.5) is 0 Å². The third kappa shape index (κ3) is 1.53. The summed E-state index contributed by atoms with van der Waals surface area (Å²) in [5, 5.41) is 0. The highest BCUT2D eigenvalue weighted by atomic mass is 79.9. The van der Waals surface area contributed by atoms with Crippen LogP contribution < -0.4 is 9.47 Å². The quantitative estimate of drug-likeness (QED) is 0.565. The van der Waals surface area contributed by atoms with Gasteiger partial charge in [0.25, 0.3) is 0 Å². The Kier molecular flexibility index (Phi) is 2.41. The van der Waals surface area contributed by atoms with Gasteiger partial charge in [0.2, 0.25) is 0 Å². The fourth-order valence-corrected chi connectivity index (χ4v) is 2.41. The van der Waals surface area contributed by atoms with E-state index in [1.807, 2.05) is 36.4 Å². The van der Waals surface area contributed by atoms with E-state index in [4.69, 9.17) is 9.47 Å².